The van der Waals surface area contributed by atoms with E-state index in [0.29, 0.717) is 41.3 Å². The maximum Gasteiger partial charge on any atom is 0.274 e. The minimum absolute atomic E-state index is 0.00865. The molecule has 162 valence electrons. The summed E-state index contributed by atoms with van der Waals surface area (Å²) in [5.41, 5.74) is 1.73. The van der Waals surface area contributed by atoms with Crippen LogP contribution >= 0.6 is 0 Å². The molecule has 3 aromatic heterocycles. The first kappa shape index (κ1) is 19.9. The normalized spacial score (nSPS) is 15.9. The second-order valence-corrected chi connectivity index (χ2v) is 8.00. The lowest BCUT2D eigenvalue weighted by Crippen LogP contribution is -2.30. The first-order valence-electron chi connectivity index (χ1n) is 10.4. The molecule has 3 N–H and O–H groups in total. The van der Waals surface area contributed by atoms with Gasteiger partial charge in [-0.15, -0.1) is 0 Å². The number of aromatic amines is 2. The molecule has 1 aliphatic rings. The highest BCUT2D eigenvalue weighted by atomic mass is 16.2. The number of amides is 1. The Kier molecular flexibility index (Phi) is 4.89. The van der Waals surface area contributed by atoms with Gasteiger partial charge in [-0.25, -0.2) is 15.1 Å². The molecule has 10 nitrogen and oxygen atoms in total. The molecule has 0 radical (unpaired) electrons. The molecule has 1 aliphatic heterocycles. The van der Waals surface area contributed by atoms with Gasteiger partial charge < -0.3 is 10.2 Å². The van der Waals surface area contributed by atoms with Crippen molar-refractivity contribution >= 4 is 28.3 Å². The molecule has 1 saturated heterocycles. The zero-order valence-corrected chi connectivity index (χ0v) is 17.7. The molecule has 0 saturated carbocycles. The van der Waals surface area contributed by atoms with E-state index < -0.39 is 0 Å². The molecule has 0 aliphatic carbocycles. The van der Waals surface area contributed by atoms with Crippen LogP contribution in [0, 0.1) is 13.8 Å². The molecule has 0 spiro atoms. The average Bonchev–Trinajstić information content (AvgIpc) is 3.43. The van der Waals surface area contributed by atoms with Crippen LogP contribution in [0.4, 0.5) is 11.6 Å². The van der Waals surface area contributed by atoms with Gasteiger partial charge in [0.05, 0.1) is 5.39 Å². The SMILES string of the molecule is Cc1cc(Nc2cc(C)[nH]n2)nc([C@H]2CCN(C(=O)c3n[nH]c(=O)c4ccccc34)C2)n1. The molecule has 1 atom stereocenters. The molecular weight excluding hydrogens is 408 g/mol. The average molecular weight is 430 g/mol. The molecule has 4 aromatic rings. The summed E-state index contributed by atoms with van der Waals surface area (Å²) in [6.07, 6.45) is 0.747. The lowest BCUT2D eigenvalue weighted by atomic mass is 10.1. The van der Waals surface area contributed by atoms with E-state index in [1.54, 1.807) is 29.2 Å². The van der Waals surface area contributed by atoms with Crippen molar-refractivity contribution in [3.05, 3.63) is 69.7 Å². The molecule has 10 heteroatoms. The van der Waals surface area contributed by atoms with Crippen LogP contribution in [0.15, 0.2) is 41.2 Å². The van der Waals surface area contributed by atoms with Crippen molar-refractivity contribution in [2.24, 2.45) is 0 Å². The lowest BCUT2D eigenvalue weighted by Gasteiger charge is -2.17. The molecule has 32 heavy (non-hydrogen) atoms. The van der Waals surface area contributed by atoms with Gasteiger partial charge in [0, 0.05) is 47.9 Å². The zero-order chi connectivity index (χ0) is 22.2. The maximum absolute atomic E-state index is 13.2. The van der Waals surface area contributed by atoms with E-state index in [-0.39, 0.29) is 23.1 Å². The van der Waals surface area contributed by atoms with Crippen LogP contribution in [-0.4, -0.2) is 54.3 Å². The van der Waals surface area contributed by atoms with E-state index in [1.807, 2.05) is 26.0 Å². The fraction of sp³-hybridized carbons (Fsp3) is 0.273. The highest BCUT2D eigenvalue weighted by Gasteiger charge is 2.31. The van der Waals surface area contributed by atoms with E-state index in [9.17, 15) is 9.59 Å². The predicted octanol–water partition coefficient (Wildman–Crippen LogP) is 2.43. The number of aromatic nitrogens is 6. The quantitative estimate of drug-likeness (QED) is 0.453. The Labute approximate surface area is 183 Å². The summed E-state index contributed by atoms with van der Waals surface area (Å²) in [4.78, 5) is 36.3. The Morgan fingerprint density at radius 1 is 1.06 bits per heavy atom. The van der Waals surface area contributed by atoms with Gasteiger partial charge >= 0.3 is 0 Å². The number of anilines is 2. The predicted molar refractivity (Wildman–Crippen MR) is 119 cm³/mol. The van der Waals surface area contributed by atoms with Gasteiger partial charge in [-0.3, -0.25) is 14.7 Å². The van der Waals surface area contributed by atoms with Crippen molar-refractivity contribution in [3.8, 4) is 0 Å². The molecule has 1 fully saturated rings. The van der Waals surface area contributed by atoms with E-state index in [0.717, 1.165) is 17.8 Å². The van der Waals surface area contributed by atoms with E-state index in [4.69, 9.17) is 0 Å². The second-order valence-electron chi connectivity index (χ2n) is 8.00. The number of carbonyl (C=O) groups is 1. The van der Waals surface area contributed by atoms with Gasteiger partial charge in [0.1, 0.15) is 11.6 Å². The number of nitrogens with one attached hydrogen (secondary N) is 3. The topological polar surface area (TPSA) is 133 Å². The number of nitrogens with zero attached hydrogens (tertiary/aromatic N) is 5. The first-order valence-corrected chi connectivity index (χ1v) is 10.4. The summed E-state index contributed by atoms with van der Waals surface area (Å²) in [5.74, 6) is 1.84. The number of H-pyrrole nitrogens is 2. The van der Waals surface area contributed by atoms with Gasteiger partial charge in [-0.2, -0.15) is 10.2 Å². The van der Waals surface area contributed by atoms with Crippen LogP contribution in [0.3, 0.4) is 0 Å². The number of hydrogen-bond acceptors (Lipinski definition) is 7. The number of aryl methyl sites for hydroxylation is 2. The highest BCUT2D eigenvalue weighted by Crippen LogP contribution is 2.28. The molecule has 1 aromatic carbocycles. The summed E-state index contributed by atoms with van der Waals surface area (Å²) in [6.45, 7) is 4.90. The smallest absolute Gasteiger partial charge is 0.274 e. The fourth-order valence-corrected chi connectivity index (χ4v) is 4.03. The van der Waals surface area contributed by atoms with Gasteiger partial charge in [-0.05, 0) is 26.3 Å². The number of fused-ring (bicyclic) bond motifs is 1. The third-order valence-electron chi connectivity index (χ3n) is 5.57. The zero-order valence-electron chi connectivity index (χ0n) is 17.7. The summed E-state index contributed by atoms with van der Waals surface area (Å²) >= 11 is 0. The van der Waals surface area contributed by atoms with Crippen molar-refractivity contribution in [3.63, 3.8) is 0 Å². The van der Waals surface area contributed by atoms with E-state index in [1.165, 1.54) is 0 Å². The fourth-order valence-electron chi connectivity index (χ4n) is 4.03. The third kappa shape index (κ3) is 3.70. The van der Waals surface area contributed by atoms with Crippen molar-refractivity contribution in [2.75, 3.05) is 18.4 Å². The number of hydrogen-bond donors (Lipinski definition) is 3. The Morgan fingerprint density at radius 2 is 1.88 bits per heavy atom. The van der Waals surface area contributed by atoms with Crippen molar-refractivity contribution in [2.45, 2.75) is 26.2 Å². The molecule has 4 heterocycles. The monoisotopic (exact) mass is 430 g/mol. The van der Waals surface area contributed by atoms with Gasteiger partial charge in [0.15, 0.2) is 11.5 Å². The largest absolute Gasteiger partial charge is 0.336 e. The van der Waals surface area contributed by atoms with Crippen molar-refractivity contribution in [1.29, 1.82) is 0 Å². The Hall–Kier alpha value is -4.08. The number of likely N-dealkylation sites (tertiary alicyclic amines) is 1. The standard InChI is InChI=1S/C22H22N8O2/c1-12-9-17(24-18-10-13(2)26-27-18)25-20(23-12)14-7-8-30(11-14)22(32)19-15-5-3-4-6-16(15)21(31)29-28-19/h3-6,9-10,14H,7-8,11H2,1-2H3,(H,29,31)(H2,23,24,25,26,27)/t14-/m0/s1. The molecule has 0 bridgehead atoms. The number of rotatable bonds is 4. The van der Waals surface area contributed by atoms with Crippen LogP contribution in [0.25, 0.3) is 10.8 Å². The van der Waals surface area contributed by atoms with E-state index in [2.05, 4.69) is 35.7 Å². The summed E-state index contributed by atoms with van der Waals surface area (Å²) < 4.78 is 0. The van der Waals surface area contributed by atoms with Gasteiger partial charge in [0.2, 0.25) is 0 Å². The lowest BCUT2D eigenvalue weighted by molar-refractivity contribution is 0.0785. The van der Waals surface area contributed by atoms with Crippen LogP contribution in [0.1, 0.15) is 40.0 Å². The maximum atomic E-state index is 13.2. The van der Waals surface area contributed by atoms with Crippen molar-refractivity contribution < 1.29 is 4.79 Å². The molecule has 1 amide bonds. The number of carbonyl (C=O) groups excluding carboxylic acids is 1. The van der Waals surface area contributed by atoms with Crippen molar-refractivity contribution in [1.82, 2.24) is 35.3 Å². The van der Waals surface area contributed by atoms with Crippen LogP contribution in [-0.2, 0) is 0 Å². The van der Waals surface area contributed by atoms with Crippen LogP contribution in [0.5, 0.6) is 0 Å². The first-order chi connectivity index (χ1) is 15.5. The van der Waals surface area contributed by atoms with Gasteiger partial charge in [0.25, 0.3) is 11.5 Å². The summed E-state index contributed by atoms with van der Waals surface area (Å²) in [7, 11) is 0. The summed E-state index contributed by atoms with van der Waals surface area (Å²) in [6, 6.07) is 10.8. The molecule has 0 unspecified atom stereocenters. The summed E-state index contributed by atoms with van der Waals surface area (Å²) in [5, 5.41) is 17.8. The van der Waals surface area contributed by atoms with E-state index >= 15 is 0 Å². The minimum atomic E-state index is -0.309. The third-order valence-corrected chi connectivity index (χ3v) is 5.57. The Morgan fingerprint density at radius 3 is 2.66 bits per heavy atom. The number of benzene rings is 1. The second kappa shape index (κ2) is 7.88. The molecule has 5 rings (SSSR count). The highest BCUT2D eigenvalue weighted by molar-refractivity contribution is 6.04. The van der Waals surface area contributed by atoms with Crippen LogP contribution < -0.4 is 10.9 Å². The van der Waals surface area contributed by atoms with Crippen LogP contribution in [0.2, 0.25) is 0 Å². The Bertz CT molecular complexity index is 1380. The van der Waals surface area contributed by atoms with Gasteiger partial charge in [-0.1, -0.05) is 18.2 Å². The Balaban J connectivity index is 1.37. The molecular formula is C22H22N8O2. The minimum Gasteiger partial charge on any atom is -0.336 e.